The molecule has 0 fully saturated rings. The predicted molar refractivity (Wildman–Crippen MR) is 137 cm³/mol. The van der Waals surface area contributed by atoms with Crippen molar-refractivity contribution in [3.05, 3.63) is 107 Å². The highest BCUT2D eigenvalue weighted by atomic mass is 16.6. The number of amides is 2. The van der Waals surface area contributed by atoms with Gasteiger partial charge in [0.15, 0.2) is 5.78 Å². The van der Waals surface area contributed by atoms with Crippen molar-refractivity contribution in [2.75, 3.05) is 6.54 Å². The molecule has 0 saturated carbocycles. The van der Waals surface area contributed by atoms with Crippen LogP contribution in [0.25, 0.3) is 0 Å². The molecule has 192 valence electrons. The highest BCUT2D eigenvalue weighted by molar-refractivity contribution is 6.00. The van der Waals surface area contributed by atoms with Crippen molar-refractivity contribution >= 4 is 23.8 Å². The number of carbonyl (C=O) groups is 4. The molecule has 0 aliphatic rings. The van der Waals surface area contributed by atoms with Gasteiger partial charge in [-0.2, -0.15) is 0 Å². The summed E-state index contributed by atoms with van der Waals surface area (Å²) in [5.74, 6) is -2.76. The minimum absolute atomic E-state index is 0.0801. The van der Waals surface area contributed by atoms with Crippen molar-refractivity contribution in [1.29, 1.82) is 0 Å². The molecular weight excluding hydrogens is 474 g/mol. The zero-order valence-corrected chi connectivity index (χ0v) is 20.2. The third kappa shape index (κ3) is 7.33. The van der Waals surface area contributed by atoms with E-state index in [1.54, 1.807) is 72.8 Å². The number of imide groups is 1. The fourth-order valence-electron chi connectivity index (χ4n) is 3.87. The molecule has 5 N–H and O–H groups in total. The summed E-state index contributed by atoms with van der Waals surface area (Å²) in [6, 6.07) is 21.1. The van der Waals surface area contributed by atoms with E-state index in [0.29, 0.717) is 16.0 Å². The molecule has 2 unspecified atom stereocenters. The highest BCUT2D eigenvalue weighted by Crippen LogP contribution is 2.18. The minimum atomic E-state index is -1.68. The van der Waals surface area contributed by atoms with E-state index in [-0.39, 0.29) is 31.6 Å². The molecule has 3 aromatic rings. The maximum Gasteiger partial charge on any atom is 0.417 e. The molecular formula is C28H29N3O6. The predicted octanol–water partition coefficient (Wildman–Crippen LogP) is 2.56. The van der Waals surface area contributed by atoms with Crippen molar-refractivity contribution in [2.45, 2.75) is 31.5 Å². The molecule has 3 rings (SSSR count). The number of carbonyl (C=O) groups excluding carboxylic acids is 3. The quantitative estimate of drug-likeness (QED) is 0.338. The van der Waals surface area contributed by atoms with E-state index < -0.39 is 35.8 Å². The van der Waals surface area contributed by atoms with Crippen LogP contribution in [0.5, 0.6) is 0 Å². The Kier molecular flexibility index (Phi) is 9.65. The van der Waals surface area contributed by atoms with E-state index in [2.05, 4.69) is 0 Å². The lowest BCUT2D eigenvalue weighted by molar-refractivity contribution is -0.149. The number of hydrogen-bond donors (Lipinski definition) is 3. The van der Waals surface area contributed by atoms with E-state index in [4.69, 9.17) is 16.2 Å². The first-order valence-electron chi connectivity index (χ1n) is 11.7. The van der Waals surface area contributed by atoms with Crippen LogP contribution >= 0.6 is 0 Å². The van der Waals surface area contributed by atoms with Crippen LogP contribution in [0.15, 0.2) is 84.9 Å². The number of carboxylic acids is 1. The van der Waals surface area contributed by atoms with E-state index in [9.17, 15) is 24.3 Å². The number of ether oxygens (including phenoxy) is 1. The van der Waals surface area contributed by atoms with Crippen LogP contribution in [-0.4, -0.2) is 52.4 Å². The summed E-state index contributed by atoms with van der Waals surface area (Å²) in [4.78, 5) is 51.9. The average molecular weight is 504 g/mol. The molecule has 3 aromatic carbocycles. The lowest BCUT2D eigenvalue weighted by Gasteiger charge is -2.29. The lowest BCUT2D eigenvalue weighted by atomic mass is 9.96. The number of rotatable bonds is 11. The van der Waals surface area contributed by atoms with Gasteiger partial charge < -0.3 is 21.3 Å². The second-order valence-corrected chi connectivity index (χ2v) is 8.39. The molecule has 9 nitrogen and oxygen atoms in total. The van der Waals surface area contributed by atoms with E-state index in [1.807, 2.05) is 6.07 Å². The van der Waals surface area contributed by atoms with E-state index in [1.165, 1.54) is 6.07 Å². The van der Waals surface area contributed by atoms with Gasteiger partial charge in [-0.25, -0.2) is 14.5 Å². The van der Waals surface area contributed by atoms with Crippen molar-refractivity contribution in [3.8, 4) is 0 Å². The average Bonchev–Trinajstić information content (AvgIpc) is 2.92. The van der Waals surface area contributed by atoms with Gasteiger partial charge in [0.2, 0.25) is 5.91 Å². The first-order valence-corrected chi connectivity index (χ1v) is 11.7. The molecule has 37 heavy (non-hydrogen) atoms. The number of aliphatic carboxylic acids is 1. The zero-order valence-electron chi connectivity index (χ0n) is 20.2. The van der Waals surface area contributed by atoms with E-state index in [0.717, 1.165) is 5.56 Å². The fraction of sp³-hybridized carbons (Fsp3) is 0.214. The molecule has 0 aliphatic heterocycles. The van der Waals surface area contributed by atoms with Crippen LogP contribution in [0.2, 0.25) is 0 Å². The fourth-order valence-corrected chi connectivity index (χ4v) is 3.87. The summed E-state index contributed by atoms with van der Waals surface area (Å²) in [6.07, 6.45) is -1.40. The van der Waals surface area contributed by atoms with Crippen molar-refractivity contribution < 1.29 is 29.0 Å². The van der Waals surface area contributed by atoms with Crippen LogP contribution in [-0.2, 0) is 33.8 Å². The topological polar surface area (TPSA) is 153 Å². The number of hydrogen-bond acceptors (Lipinski definition) is 7. The number of nitrogens with two attached hydrogens (primary N) is 2. The van der Waals surface area contributed by atoms with Gasteiger partial charge in [-0.05, 0) is 23.1 Å². The van der Waals surface area contributed by atoms with Gasteiger partial charge in [-0.3, -0.25) is 9.59 Å². The van der Waals surface area contributed by atoms with Gasteiger partial charge in [-0.1, -0.05) is 84.9 Å². The van der Waals surface area contributed by atoms with Crippen LogP contribution in [0.4, 0.5) is 4.79 Å². The third-order valence-corrected chi connectivity index (χ3v) is 5.77. The van der Waals surface area contributed by atoms with Crippen LogP contribution in [0.1, 0.15) is 27.0 Å². The van der Waals surface area contributed by atoms with Gasteiger partial charge in [-0.15, -0.1) is 0 Å². The first kappa shape index (κ1) is 27.3. The summed E-state index contributed by atoms with van der Waals surface area (Å²) < 4.78 is 5.34. The number of benzene rings is 3. The second-order valence-electron chi connectivity index (χ2n) is 8.39. The lowest BCUT2D eigenvalue weighted by Crippen LogP contribution is -2.55. The van der Waals surface area contributed by atoms with Gasteiger partial charge in [0.05, 0.1) is 12.6 Å². The molecule has 0 aromatic heterocycles. The Morgan fingerprint density at radius 2 is 1.38 bits per heavy atom. The Labute approximate surface area is 214 Å². The van der Waals surface area contributed by atoms with Gasteiger partial charge in [0, 0.05) is 12.0 Å². The highest BCUT2D eigenvalue weighted by Gasteiger charge is 2.39. The second kappa shape index (κ2) is 13.1. The Morgan fingerprint density at radius 3 is 1.97 bits per heavy atom. The monoisotopic (exact) mass is 503 g/mol. The summed E-state index contributed by atoms with van der Waals surface area (Å²) in [5.41, 5.74) is 13.6. The number of carboxylic acid groups (broad SMARTS) is 1. The summed E-state index contributed by atoms with van der Waals surface area (Å²) in [6.45, 7) is -0.454. The Balaban J connectivity index is 1.93. The molecule has 0 bridgehead atoms. The molecule has 0 spiro atoms. The van der Waals surface area contributed by atoms with Crippen LogP contribution < -0.4 is 11.5 Å². The number of Topliss-reactive ketones (excluding diaryl/α,β-unsaturated/α-hetero) is 1. The van der Waals surface area contributed by atoms with Gasteiger partial charge in [0.25, 0.3) is 0 Å². The van der Waals surface area contributed by atoms with E-state index >= 15 is 0 Å². The molecule has 0 saturated heterocycles. The Morgan fingerprint density at radius 1 is 0.811 bits per heavy atom. The molecule has 0 aliphatic carbocycles. The minimum Gasteiger partial charge on any atom is -0.480 e. The third-order valence-electron chi connectivity index (χ3n) is 5.77. The number of nitrogens with zero attached hydrogens (tertiary/aromatic N) is 1. The maximum absolute atomic E-state index is 13.5. The normalized spacial score (nSPS) is 12.3. The largest absolute Gasteiger partial charge is 0.480 e. The molecule has 9 heteroatoms. The number of ketones is 1. The van der Waals surface area contributed by atoms with Gasteiger partial charge >= 0.3 is 12.1 Å². The van der Waals surface area contributed by atoms with Crippen molar-refractivity contribution in [2.24, 2.45) is 11.5 Å². The van der Waals surface area contributed by atoms with Crippen LogP contribution in [0, 0.1) is 0 Å². The SMILES string of the molecule is NCC(=O)c1ccccc1CC(C(=O)O)N(C(=O)OCc1ccccc1)C(=O)C(N)Cc1ccccc1. The maximum atomic E-state index is 13.5. The zero-order chi connectivity index (χ0) is 26.8. The first-order chi connectivity index (χ1) is 17.8. The van der Waals surface area contributed by atoms with Gasteiger partial charge in [0.1, 0.15) is 12.6 Å². The standard InChI is InChI=1S/C28H29N3O6/c29-17-25(32)22-14-8-7-13-21(22)16-24(27(34)35)31(28(36)37-18-20-11-5-2-6-12-20)26(33)23(30)15-19-9-3-1-4-10-19/h1-14,23-24H,15-18,29-30H2,(H,34,35). The van der Waals surface area contributed by atoms with Crippen LogP contribution in [0.3, 0.4) is 0 Å². The summed E-state index contributed by atoms with van der Waals surface area (Å²) in [5, 5.41) is 10.1. The smallest absolute Gasteiger partial charge is 0.417 e. The Bertz CT molecular complexity index is 1230. The molecule has 2 atom stereocenters. The van der Waals surface area contributed by atoms with Crippen molar-refractivity contribution in [3.63, 3.8) is 0 Å². The Hall–Kier alpha value is -4.34. The molecule has 0 radical (unpaired) electrons. The molecule has 2 amide bonds. The summed E-state index contributed by atoms with van der Waals surface area (Å²) >= 11 is 0. The molecule has 0 heterocycles. The van der Waals surface area contributed by atoms with Crippen molar-refractivity contribution in [1.82, 2.24) is 4.90 Å². The summed E-state index contributed by atoms with van der Waals surface area (Å²) in [7, 11) is 0.